The van der Waals surface area contributed by atoms with Crippen LogP contribution in [0.4, 0.5) is 22.0 Å². The largest absolute Gasteiger partial charge is 0.366 e. The molecule has 0 saturated carbocycles. The van der Waals surface area contributed by atoms with E-state index in [-0.39, 0.29) is 12.1 Å². The lowest BCUT2D eigenvalue weighted by Crippen LogP contribution is -2.56. The summed E-state index contributed by atoms with van der Waals surface area (Å²) in [6.07, 6.45) is 5.26. The minimum atomic E-state index is -0.214. The number of amides is 2. The lowest BCUT2D eigenvalue weighted by atomic mass is 9.99. The van der Waals surface area contributed by atoms with Crippen molar-refractivity contribution in [1.82, 2.24) is 9.97 Å². The summed E-state index contributed by atoms with van der Waals surface area (Å²) in [5, 5.41) is 12.4. The van der Waals surface area contributed by atoms with Gasteiger partial charge in [-0.25, -0.2) is 9.78 Å². The number of aromatic nitrogens is 2. The molecule has 0 aliphatic carbocycles. The Kier molecular flexibility index (Phi) is 4.52. The first-order valence-corrected chi connectivity index (χ1v) is 10.0. The van der Waals surface area contributed by atoms with E-state index in [2.05, 4.69) is 21.3 Å². The summed E-state index contributed by atoms with van der Waals surface area (Å²) in [6, 6.07) is 17.0. The van der Waals surface area contributed by atoms with Gasteiger partial charge in [0.1, 0.15) is 0 Å². The van der Waals surface area contributed by atoms with Gasteiger partial charge in [0.2, 0.25) is 0 Å². The number of rotatable bonds is 2. The molecule has 7 nitrogen and oxygen atoms in total. The Morgan fingerprint density at radius 2 is 2.07 bits per heavy atom. The molecule has 148 valence electrons. The van der Waals surface area contributed by atoms with E-state index in [0.29, 0.717) is 22.8 Å². The maximum absolute atomic E-state index is 13.3. The summed E-state index contributed by atoms with van der Waals surface area (Å²) in [5.74, 6) is 0.637. The Hall–Kier alpha value is -3.92. The fourth-order valence-electron chi connectivity index (χ4n) is 4.26. The quantitative estimate of drug-likeness (QED) is 0.707. The number of fused-ring (bicyclic) bond motifs is 4. The first-order valence-electron chi connectivity index (χ1n) is 10.0. The van der Waals surface area contributed by atoms with Gasteiger partial charge in [0.15, 0.2) is 5.82 Å². The minimum Gasteiger partial charge on any atom is -0.366 e. The van der Waals surface area contributed by atoms with Crippen molar-refractivity contribution in [3.8, 4) is 17.3 Å². The number of pyridine rings is 2. The van der Waals surface area contributed by atoms with E-state index in [0.717, 1.165) is 37.2 Å². The number of hydrogen-bond donors (Lipinski definition) is 1. The van der Waals surface area contributed by atoms with Crippen LogP contribution in [-0.2, 0) is 0 Å². The van der Waals surface area contributed by atoms with Crippen LogP contribution in [0.25, 0.3) is 11.3 Å². The number of carbonyl (C=O) groups is 1. The fraction of sp³-hybridized carbons (Fsp3) is 0.217. The smallest absolute Gasteiger partial charge is 0.327 e. The highest BCUT2D eigenvalue weighted by Crippen LogP contribution is 2.39. The second-order valence-electron chi connectivity index (χ2n) is 7.48. The second-order valence-corrected chi connectivity index (χ2v) is 7.48. The third-order valence-electron chi connectivity index (χ3n) is 5.64. The second kappa shape index (κ2) is 7.48. The van der Waals surface area contributed by atoms with E-state index in [9.17, 15) is 10.1 Å². The molecule has 7 heteroatoms. The number of hydrogen-bond acceptors (Lipinski definition) is 5. The molecule has 2 bridgehead atoms. The Bertz CT molecular complexity index is 1140. The predicted octanol–water partition coefficient (Wildman–Crippen LogP) is 4.04. The van der Waals surface area contributed by atoms with Gasteiger partial charge < -0.3 is 10.2 Å². The number of piperidine rings is 1. The molecule has 1 atom stereocenters. The minimum absolute atomic E-state index is 0.0527. The molecular weight excluding hydrogens is 376 g/mol. The molecule has 30 heavy (non-hydrogen) atoms. The topological polar surface area (TPSA) is 85.1 Å². The molecule has 3 aromatic rings. The zero-order valence-corrected chi connectivity index (χ0v) is 16.3. The van der Waals surface area contributed by atoms with E-state index in [1.807, 2.05) is 36.4 Å². The molecule has 1 aromatic carbocycles. The van der Waals surface area contributed by atoms with Crippen molar-refractivity contribution in [2.45, 2.75) is 18.9 Å². The molecule has 0 radical (unpaired) electrons. The standard InChI is InChI=1S/C23H20N6O/c24-13-16-5-1-2-8-19(16)20-9-10-21-22(27-20)29(18-7-4-12-28(21)15-18)23(30)26-17-6-3-11-25-14-17/h1-3,5-6,8-11,14,18H,4,7,12,15H2,(H,26,30)/t18-/m0/s1. The summed E-state index contributed by atoms with van der Waals surface area (Å²) in [4.78, 5) is 26.3. The molecule has 1 saturated heterocycles. The third kappa shape index (κ3) is 3.12. The molecule has 5 rings (SSSR count). The van der Waals surface area contributed by atoms with E-state index >= 15 is 0 Å². The Balaban J connectivity index is 1.58. The summed E-state index contributed by atoms with van der Waals surface area (Å²) >= 11 is 0. The van der Waals surface area contributed by atoms with Crippen LogP contribution in [0.2, 0.25) is 0 Å². The average molecular weight is 396 g/mol. The van der Waals surface area contributed by atoms with Gasteiger partial charge in [0.25, 0.3) is 0 Å². The zero-order chi connectivity index (χ0) is 20.5. The van der Waals surface area contributed by atoms with Crippen molar-refractivity contribution >= 4 is 23.2 Å². The Labute approximate surface area is 174 Å². The first kappa shape index (κ1) is 18.1. The number of carbonyl (C=O) groups excluding carboxylic acids is 1. The average Bonchev–Trinajstić information content (AvgIpc) is 2.79. The molecule has 0 spiro atoms. The summed E-state index contributed by atoms with van der Waals surface area (Å²) < 4.78 is 0. The molecule has 2 aromatic heterocycles. The lowest BCUT2D eigenvalue weighted by molar-refractivity contribution is 0.252. The summed E-state index contributed by atoms with van der Waals surface area (Å²) in [6.45, 7) is 1.75. The first-order chi connectivity index (χ1) is 14.7. The van der Waals surface area contributed by atoms with Gasteiger partial charge in [-0.2, -0.15) is 5.26 Å². The highest BCUT2D eigenvalue weighted by molar-refractivity contribution is 6.04. The van der Waals surface area contributed by atoms with Crippen molar-refractivity contribution in [2.75, 3.05) is 28.2 Å². The van der Waals surface area contributed by atoms with Crippen LogP contribution in [0.1, 0.15) is 18.4 Å². The SMILES string of the molecule is N#Cc1ccccc1-c1ccc2c(n1)N(C(=O)Nc1cccnc1)[C@H]1CCCN2C1. The lowest BCUT2D eigenvalue weighted by Gasteiger charge is -2.45. The number of nitrogens with zero attached hydrogens (tertiary/aromatic N) is 5. The zero-order valence-electron chi connectivity index (χ0n) is 16.3. The Morgan fingerprint density at radius 3 is 2.90 bits per heavy atom. The van der Waals surface area contributed by atoms with E-state index in [4.69, 9.17) is 4.98 Å². The molecule has 0 unspecified atom stereocenters. The van der Waals surface area contributed by atoms with Crippen LogP contribution < -0.4 is 15.1 Å². The maximum atomic E-state index is 13.3. The van der Waals surface area contributed by atoms with Gasteiger partial charge in [-0.15, -0.1) is 0 Å². The van der Waals surface area contributed by atoms with Gasteiger partial charge in [0.05, 0.1) is 40.9 Å². The monoisotopic (exact) mass is 396 g/mol. The van der Waals surface area contributed by atoms with Gasteiger partial charge in [-0.1, -0.05) is 18.2 Å². The van der Waals surface area contributed by atoms with Crippen LogP contribution in [0.15, 0.2) is 60.9 Å². The number of benzene rings is 1. The van der Waals surface area contributed by atoms with E-state index in [1.165, 1.54) is 0 Å². The number of nitriles is 1. The molecule has 2 amide bonds. The maximum Gasteiger partial charge on any atom is 0.327 e. The van der Waals surface area contributed by atoms with Crippen LogP contribution in [0, 0.1) is 11.3 Å². The van der Waals surface area contributed by atoms with Crippen molar-refractivity contribution in [3.05, 3.63) is 66.5 Å². The summed E-state index contributed by atoms with van der Waals surface area (Å²) in [7, 11) is 0. The van der Waals surface area contributed by atoms with Gasteiger partial charge in [0, 0.05) is 24.8 Å². The van der Waals surface area contributed by atoms with Crippen LogP contribution in [0.5, 0.6) is 0 Å². The molecule has 1 fully saturated rings. The molecule has 4 heterocycles. The van der Waals surface area contributed by atoms with Crippen molar-refractivity contribution in [3.63, 3.8) is 0 Å². The normalized spacial score (nSPS) is 17.1. The number of urea groups is 1. The number of anilines is 3. The van der Waals surface area contributed by atoms with Crippen LogP contribution >= 0.6 is 0 Å². The van der Waals surface area contributed by atoms with Gasteiger partial charge in [-0.3, -0.25) is 9.88 Å². The molecule has 2 aliphatic heterocycles. The molecule has 1 N–H and O–H groups in total. The van der Waals surface area contributed by atoms with Gasteiger partial charge in [-0.05, 0) is 43.2 Å². The van der Waals surface area contributed by atoms with Crippen molar-refractivity contribution in [1.29, 1.82) is 5.26 Å². The highest BCUT2D eigenvalue weighted by atomic mass is 16.2. The Morgan fingerprint density at radius 1 is 1.17 bits per heavy atom. The molecule has 2 aliphatic rings. The fourth-order valence-corrected chi connectivity index (χ4v) is 4.26. The predicted molar refractivity (Wildman–Crippen MR) is 115 cm³/mol. The molecular formula is C23H20N6O. The van der Waals surface area contributed by atoms with Crippen molar-refractivity contribution in [2.24, 2.45) is 0 Å². The van der Waals surface area contributed by atoms with E-state index in [1.54, 1.807) is 29.4 Å². The number of nitrogens with one attached hydrogen (secondary N) is 1. The van der Waals surface area contributed by atoms with Gasteiger partial charge >= 0.3 is 6.03 Å². The van der Waals surface area contributed by atoms with Crippen LogP contribution in [0.3, 0.4) is 0 Å². The van der Waals surface area contributed by atoms with Crippen molar-refractivity contribution < 1.29 is 4.79 Å². The van der Waals surface area contributed by atoms with E-state index < -0.39 is 0 Å². The highest BCUT2D eigenvalue weighted by Gasteiger charge is 2.38. The third-order valence-corrected chi connectivity index (χ3v) is 5.64. The van der Waals surface area contributed by atoms with Crippen LogP contribution in [-0.4, -0.2) is 35.1 Å². The summed E-state index contributed by atoms with van der Waals surface area (Å²) in [5.41, 5.74) is 3.61.